The summed E-state index contributed by atoms with van der Waals surface area (Å²) < 4.78 is 24.3. The normalized spacial score (nSPS) is 16.1. The van der Waals surface area contributed by atoms with E-state index in [1.807, 2.05) is 19.1 Å². The van der Waals surface area contributed by atoms with E-state index >= 15 is 0 Å². The highest BCUT2D eigenvalue weighted by molar-refractivity contribution is 5.79. The van der Waals surface area contributed by atoms with Crippen LogP contribution in [0, 0.1) is 12.7 Å². The van der Waals surface area contributed by atoms with Crippen molar-refractivity contribution in [3.05, 3.63) is 65.0 Å². The molecule has 1 fully saturated rings. The predicted molar refractivity (Wildman–Crippen MR) is 122 cm³/mol. The first-order valence-corrected chi connectivity index (χ1v) is 10.8. The molecule has 7 heteroatoms. The lowest BCUT2D eigenvalue weighted by atomic mass is 10.0. The van der Waals surface area contributed by atoms with Crippen molar-refractivity contribution >= 4 is 5.96 Å². The summed E-state index contributed by atoms with van der Waals surface area (Å²) in [7, 11) is 3.47. The molecular weight excluding hydrogens is 395 g/mol. The Bertz CT molecular complexity index is 851. The number of rotatable bonds is 8. The highest BCUT2D eigenvalue weighted by atomic mass is 19.1. The summed E-state index contributed by atoms with van der Waals surface area (Å²) in [5, 5.41) is 6.82. The molecule has 1 unspecified atom stereocenters. The van der Waals surface area contributed by atoms with E-state index < -0.39 is 0 Å². The number of morpholine rings is 1. The molecular formula is C24H33FN4O2. The summed E-state index contributed by atoms with van der Waals surface area (Å²) in [5.74, 6) is 1.44. The van der Waals surface area contributed by atoms with Gasteiger partial charge in [-0.15, -0.1) is 0 Å². The maximum atomic E-state index is 13.4. The summed E-state index contributed by atoms with van der Waals surface area (Å²) in [4.78, 5) is 6.73. The Morgan fingerprint density at radius 1 is 1.16 bits per heavy atom. The van der Waals surface area contributed by atoms with Crippen molar-refractivity contribution in [2.24, 2.45) is 4.99 Å². The fourth-order valence-electron chi connectivity index (χ4n) is 3.79. The third-order valence-electron chi connectivity index (χ3n) is 5.61. The minimum Gasteiger partial charge on any atom is -0.496 e. The topological polar surface area (TPSA) is 58.1 Å². The lowest BCUT2D eigenvalue weighted by Gasteiger charge is -2.35. The standard InChI is InChI=1S/C24H33FN4O2/c1-18-4-5-19(16-23(18)30-3)10-11-27-24(26-2)28-17-22(29-12-14-31-15-13-29)20-6-8-21(25)9-7-20/h4-9,16,22H,10-15,17H2,1-3H3,(H2,26,27,28). The Kier molecular flexibility index (Phi) is 8.67. The zero-order valence-corrected chi connectivity index (χ0v) is 18.7. The summed E-state index contributed by atoms with van der Waals surface area (Å²) >= 11 is 0. The molecule has 2 aromatic rings. The molecule has 0 spiro atoms. The molecule has 0 bridgehead atoms. The number of hydrogen-bond donors (Lipinski definition) is 2. The molecule has 1 atom stereocenters. The van der Waals surface area contributed by atoms with Crippen LogP contribution in [0.3, 0.4) is 0 Å². The number of aliphatic imine (C=N–C) groups is 1. The predicted octanol–water partition coefficient (Wildman–Crippen LogP) is 2.92. The Labute approximate surface area is 184 Å². The number of hydrogen-bond acceptors (Lipinski definition) is 4. The van der Waals surface area contributed by atoms with Crippen molar-refractivity contribution in [2.75, 3.05) is 53.6 Å². The highest BCUT2D eigenvalue weighted by Crippen LogP contribution is 2.22. The first-order valence-electron chi connectivity index (χ1n) is 10.8. The van der Waals surface area contributed by atoms with Gasteiger partial charge in [0.15, 0.2) is 5.96 Å². The van der Waals surface area contributed by atoms with E-state index in [1.165, 1.54) is 17.7 Å². The van der Waals surface area contributed by atoms with Gasteiger partial charge in [-0.3, -0.25) is 9.89 Å². The number of halogens is 1. The molecule has 1 aliphatic heterocycles. The fourth-order valence-corrected chi connectivity index (χ4v) is 3.79. The molecule has 0 aromatic heterocycles. The van der Waals surface area contributed by atoms with Crippen LogP contribution in [0.5, 0.6) is 5.75 Å². The summed E-state index contributed by atoms with van der Waals surface area (Å²) in [6.07, 6.45) is 0.863. The molecule has 1 saturated heterocycles. The maximum Gasteiger partial charge on any atom is 0.191 e. The van der Waals surface area contributed by atoms with E-state index in [2.05, 4.69) is 38.7 Å². The van der Waals surface area contributed by atoms with Crippen LogP contribution in [-0.2, 0) is 11.2 Å². The smallest absolute Gasteiger partial charge is 0.191 e. The number of ether oxygens (including phenoxy) is 2. The van der Waals surface area contributed by atoms with Crippen LogP contribution in [0.15, 0.2) is 47.5 Å². The van der Waals surface area contributed by atoms with Gasteiger partial charge in [0, 0.05) is 33.2 Å². The van der Waals surface area contributed by atoms with Gasteiger partial charge < -0.3 is 20.1 Å². The van der Waals surface area contributed by atoms with Crippen LogP contribution < -0.4 is 15.4 Å². The average molecular weight is 429 g/mol. The maximum absolute atomic E-state index is 13.4. The first kappa shape index (κ1) is 23.0. The van der Waals surface area contributed by atoms with E-state index in [0.717, 1.165) is 48.9 Å². The van der Waals surface area contributed by atoms with Crippen molar-refractivity contribution in [2.45, 2.75) is 19.4 Å². The molecule has 0 amide bonds. The molecule has 2 N–H and O–H groups in total. The van der Waals surface area contributed by atoms with Gasteiger partial charge in [-0.25, -0.2) is 4.39 Å². The Morgan fingerprint density at radius 2 is 1.90 bits per heavy atom. The molecule has 31 heavy (non-hydrogen) atoms. The van der Waals surface area contributed by atoms with Gasteiger partial charge in [-0.05, 0) is 48.2 Å². The number of methoxy groups -OCH3 is 1. The lowest BCUT2D eigenvalue weighted by molar-refractivity contribution is 0.0170. The second-order valence-corrected chi connectivity index (χ2v) is 7.65. The third kappa shape index (κ3) is 6.67. The van der Waals surface area contributed by atoms with Gasteiger partial charge in [0.1, 0.15) is 11.6 Å². The van der Waals surface area contributed by atoms with Gasteiger partial charge >= 0.3 is 0 Å². The van der Waals surface area contributed by atoms with Crippen molar-refractivity contribution in [1.82, 2.24) is 15.5 Å². The molecule has 2 aromatic carbocycles. The summed E-state index contributed by atoms with van der Waals surface area (Å²) in [6.45, 7) is 6.60. The molecule has 1 aliphatic rings. The Hall–Kier alpha value is -2.64. The molecule has 0 saturated carbocycles. The minimum atomic E-state index is -0.220. The minimum absolute atomic E-state index is 0.115. The zero-order chi connectivity index (χ0) is 22.1. The largest absolute Gasteiger partial charge is 0.496 e. The van der Waals surface area contributed by atoms with E-state index in [4.69, 9.17) is 9.47 Å². The van der Waals surface area contributed by atoms with Crippen LogP contribution >= 0.6 is 0 Å². The van der Waals surface area contributed by atoms with Crippen LogP contribution in [0.4, 0.5) is 4.39 Å². The monoisotopic (exact) mass is 428 g/mol. The molecule has 0 radical (unpaired) electrons. The molecule has 6 nitrogen and oxygen atoms in total. The van der Waals surface area contributed by atoms with Gasteiger partial charge in [0.25, 0.3) is 0 Å². The van der Waals surface area contributed by atoms with E-state index in [9.17, 15) is 4.39 Å². The molecule has 3 rings (SSSR count). The Morgan fingerprint density at radius 3 is 2.58 bits per heavy atom. The van der Waals surface area contributed by atoms with Gasteiger partial charge in [0.2, 0.25) is 0 Å². The van der Waals surface area contributed by atoms with Crippen molar-refractivity contribution in [3.8, 4) is 5.75 Å². The van der Waals surface area contributed by atoms with Crippen LogP contribution in [0.2, 0.25) is 0 Å². The van der Waals surface area contributed by atoms with Crippen LogP contribution in [0.25, 0.3) is 0 Å². The van der Waals surface area contributed by atoms with Crippen molar-refractivity contribution < 1.29 is 13.9 Å². The average Bonchev–Trinajstić information content (AvgIpc) is 2.80. The van der Waals surface area contributed by atoms with Crippen molar-refractivity contribution in [1.29, 1.82) is 0 Å². The number of benzene rings is 2. The van der Waals surface area contributed by atoms with Gasteiger partial charge in [-0.2, -0.15) is 0 Å². The third-order valence-corrected chi connectivity index (χ3v) is 5.61. The number of guanidine groups is 1. The summed E-state index contributed by atoms with van der Waals surface area (Å²) in [6, 6.07) is 13.2. The van der Waals surface area contributed by atoms with Gasteiger partial charge in [-0.1, -0.05) is 24.3 Å². The fraction of sp³-hybridized carbons (Fsp3) is 0.458. The van der Waals surface area contributed by atoms with Crippen LogP contribution in [0.1, 0.15) is 22.7 Å². The van der Waals surface area contributed by atoms with E-state index in [-0.39, 0.29) is 11.9 Å². The number of nitrogens with one attached hydrogen (secondary N) is 2. The van der Waals surface area contributed by atoms with E-state index in [0.29, 0.717) is 19.8 Å². The SMILES string of the molecule is CN=C(NCCc1ccc(C)c(OC)c1)NCC(c1ccc(F)cc1)N1CCOCC1. The van der Waals surface area contributed by atoms with E-state index in [1.54, 1.807) is 14.2 Å². The quantitative estimate of drug-likeness (QED) is 0.500. The highest BCUT2D eigenvalue weighted by Gasteiger charge is 2.23. The lowest BCUT2D eigenvalue weighted by Crippen LogP contribution is -2.46. The molecule has 1 heterocycles. The second kappa shape index (κ2) is 11.7. The zero-order valence-electron chi connectivity index (χ0n) is 18.7. The Balaban J connectivity index is 1.56. The summed E-state index contributed by atoms with van der Waals surface area (Å²) in [5.41, 5.74) is 3.42. The molecule has 168 valence electrons. The number of aryl methyl sites for hydroxylation is 1. The van der Waals surface area contributed by atoms with Crippen LogP contribution in [-0.4, -0.2) is 64.4 Å². The van der Waals surface area contributed by atoms with Crippen molar-refractivity contribution in [3.63, 3.8) is 0 Å². The number of nitrogens with zero attached hydrogens (tertiary/aromatic N) is 2. The second-order valence-electron chi connectivity index (χ2n) is 7.65. The molecule has 0 aliphatic carbocycles. The first-order chi connectivity index (χ1) is 15.1. The van der Waals surface area contributed by atoms with Gasteiger partial charge in [0.05, 0.1) is 26.4 Å².